The van der Waals surface area contributed by atoms with E-state index in [1.807, 2.05) is 11.8 Å². The first-order chi connectivity index (χ1) is 7.81. The lowest BCUT2D eigenvalue weighted by Crippen LogP contribution is -2.51. The minimum absolute atomic E-state index is 0.00927. The van der Waals surface area contributed by atoms with E-state index in [1.165, 1.54) is 43.7 Å². The second-order valence-corrected chi connectivity index (χ2v) is 6.65. The molecule has 2 nitrogen and oxygen atoms in total. The molecule has 0 amide bonds. The van der Waals surface area contributed by atoms with Gasteiger partial charge in [-0.1, -0.05) is 13.3 Å². The Morgan fingerprint density at radius 3 is 2.56 bits per heavy atom. The summed E-state index contributed by atoms with van der Waals surface area (Å²) in [4.78, 5) is 2.59. The van der Waals surface area contributed by atoms with Crippen molar-refractivity contribution in [3.05, 3.63) is 0 Å². The molecule has 2 aliphatic rings. The van der Waals surface area contributed by atoms with Crippen LogP contribution < -0.4 is 0 Å². The third-order valence-corrected chi connectivity index (χ3v) is 5.05. The average Bonchev–Trinajstić information content (AvgIpc) is 2.25. The molecule has 1 saturated heterocycles. The van der Waals surface area contributed by atoms with Crippen LogP contribution >= 0.6 is 11.8 Å². The molecular formula is C13H25NOS. The van der Waals surface area contributed by atoms with Crippen molar-refractivity contribution >= 4 is 11.8 Å². The predicted octanol–water partition coefficient (Wildman–Crippen LogP) is 2.22. The molecule has 0 spiro atoms. The lowest BCUT2D eigenvalue weighted by atomic mass is 9.75. The van der Waals surface area contributed by atoms with Gasteiger partial charge in [-0.2, -0.15) is 11.8 Å². The van der Waals surface area contributed by atoms with Gasteiger partial charge in [0.15, 0.2) is 0 Å². The number of likely N-dealkylation sites (tertiary alicyclic amines) is 1. The number of nitrogens with zero attached hydrogens (tertiary/aromatic N) is 1. The van der Waals surface area contributed by atoms with E-state index in [2.05, 4.69) is 11.8 Å². The van der Waals surface area contributed by atoms with Gasteiger partial charge in [0.05, 0.1) is 6.10 Å². The van der Waals surface area contributed by atoms with Crippen molar-refractivity contribution in [1.29, 1.82) is 0 Å². The summed E-state index contributed by atoms with van der Waals surface area (Å²) in [7, 11) is 0. The third-order valence-electron chi connectivity index (χ3n) is 4.07. The van der Waals surface area contributed by atoms with E-state index in [4.69, 9.17) is 0 Å². The van der Waals surface area contributed by atoms with Crippen LogP contribution in [0, 0.1) is 11.8 Å². The molecule has 1 N–H and O–H groups in total. The Morgan fingerprint density at radius 2 is 1.94 bits per heavy atom. The van der Waals surface area contributed by atoms with Crippen molar-refractivity contribution in [2.75, 3.05) is 31.1 Å². The first kappa shape index (κ1) is 12.7. The van der Waals surface area contributed by atoms with Gasteiger partial charge in [-0.25, -0.2) is 0 Å². The summed E-state index contributed by atoms with van der Waals surface area (Å²) in [5, 5.41) is 10.1. The van der Waals surface area contributed by atoms with Crippen LogP contribution in [0.2, 0.25) is 0 Å². The Hall–Kier alpha value is 0.270. The Labute approximate surface area is 104 Å². The lowest BCUT2D eigenvalue weighted by Gasteiger charge is -2.45. The lowest BCUT2D eigenvalue weighted by molar-refractivity contribution is -0.0490. The molecule has 16 heavy (non-hydrogen) atoms. The largest absolute Gasteiger partial charge is 0.392 e. The van der Waals surface area contributed by atoms with Gasteiger partial charge in [0.2, 0.25) is 0 Å². The van der Waals surface area contributed by atoms with Crippen molar-refractivity contribution in [1.82, 2.24) is 4.90 Å². The number of hydrogen-bond donors (Lipinski definition) is 1. The third kappa shape index (κ3) is 3.14. The predicted molar refractivity (Wildman–Crippen MR) is 70.9 cm³/mol. The number of thioether (sulfide) groups is 1. The van der Waals surface area contributed by atoms with Crippen molar-refractivity contribution in [3.63, 3.8) is 0 Å². The van der Waals surface area contributed by atoms with Gasteiger partial charge in [-0.15, -0.1) is 0 Å². The van der Waals surface area contributed by atoms with Gasteiger partial charge in [0.1, 0.15) is 0 Å². The molecule has 3 heteroatoms. The minimum Gasteiger partial charge on any atom is -0.392 e. The summed E-state index contributed by atoms with van der Waals surface area (Å²) in [5.41, 5.74) is 0. The smallest absolute Gasteiger partial charge is 0.0620 e. The molecule has 2 atom stereocenters. The van der Waals surface area contributed by atoms with Crippen molar-refractivity contribution in [3.8, 4) is 0 Å². The van der Waals surface area contributed by atoms with Gasteiger partial charge < -0.3 is 10.0 Å². The monoisotopic (exact) mass is 243 g/mol. The van der Waals surface area contributed by atoms with E-state index < -0.39 is 0 Å². The zero-order chi connectivity index (χ0) is 11.4. The molecule has 94 valence electrons. The summed E-state index contributed by atoms with van der Waals surface area (Å²) < 4.78 is 0. The Balaban J connectivity index is 1.72. The molecule has 1 aliphatic carbocycles. The zero-order valence-corrected chi connectivity index (χ0v) is 11.2. The molecule has 1 saturated carbocycles. The van der Waals surface area contributed by atoms with E-state index in [-0.39, 0.29) is 6.10 Å². The van der Waals surface area contributed by atoms with Crippen LogP contribution in [0.25, 0.3) is 0 Å². The van der Waals surface area contributed by atoms with Gasteiger partial charge in [-0.3, -0.25) is 0 Å². The maximum absolute atomic E-state index is 10.1. The van der Waals surface area contributed by atoms with E-state index in [0.29, 0.717) is 11.8 Å². The highest BCUT2D eigenvalue weighted by molar-refractivity contribution is 7.99. The number of aliphatic hydroxyl groups excluding tert-OH is 1. The molecular weight excluding hydrogens is 218 g/mol. The van der Waals surface area contributed by atoms with Crippen LogP contribution in [0.5, 0.6) is 0 Å². The van der Waals surface area contributed by atoms with E-state index in [9.17, 15) is 5.11 Å². The summed E-state index contributed by atoms with van der Waals surface area (Å²) >= 11 is 2.04. The highest BCUT2D eigenvalue weighted by Gasteiger charge is 2.37. The average molecular weight is 243 g/mol. The first-order valence-electron chi connectivity index (χ1n) is 6.79. The SMILES string of the molecule is CCSCCCN1CC2CCCC(C1)C2O. The fraction of sp³-hybridized carbons (Fsp3) is 1.00. The quantitative estimate of drug-likeness (QED) is 0.749. The van der Waals surface area contributed by atoms with E-state index in [1.54, 1.807) is 0 Å². The fourth-order valence-corrected chi connectivity index (χ4v) is 3.84. The molecule has 1 aliphatic heterocycles. The molecule has 0 radical (unpaired) electrons. The number of aliphatic hydroxyl groups is 1. The van der Waals surface area contributed by atoms with Gasteiger partial charge >= 0.3 is 0 Å². The fourth-order valence-electron chi connectivity index (χ4n) is 3.22. The number of fused-ring (bicyclic) bond motifs is 2. The molecule has 2 fully saturated rings. The molecule has 0 aromatic heterocycles. The van der Waals surface area contributed by atoms with Crippen LogP contribution in [-0.4, -0.2) is 47.3 Å². The van der Waals surface area contributed by atoms with Crippen LogP contribution in [0.4, 0.5) is 0 Å². The summed E-state index contributed by atoms with van der Waals surface area (Å²) in [6.07, 6.45) is 5.16. The Kier molecular flexibility index (Phi) is 4.98. The number of hydrogen-bond acceptors (Lipinski definition) is 3. The second-order valence-electron chi connectivity index (χ2n) is 5.25. The van der Waals surface area contributed by atoms with Crippen LogP contribution in [-0.2, 0) is 0 Å². The minimum atomic E-state index is 0.00927. The van der Waals surface area contributed by atoms with Crippen LogP contribution in [0.15, 0.2) is 0 Å². The van der Waals surface area contributed by atoms with Crippen molar-refractivity contribution in [2.45, 2.75) is 38.7 Å². The molecule has 0 aromatic carbocycles. The van der Waals surface area contributed by atoms with Crippen molar-refractivity contribution in [2.24, 2.45) is 11.8 Å². The summed E-state index contributed by atoms with van der Waals surface area (Å²) in [6, 6.07) is 0. The maximum Gasteiger partial charge on any atom is 0.0620 e. The standard InChI is InChI=1S/C13H25NOS/c1-2-16-8-4-7-14-9-11-5-3-6-12(10-14)13(11)15/h11-13,15H,2-10H2,1H3. The zero-order valence-electron chi connectivity index (χ0n) is 10.4. The summed E-state index contributed by atoms with van der Waals surface area (Å²) in [6.45, 7) is 5.77. The number of piperidine rings is 1. The molecule has 1 heterocycles. The van der Waals surface area contributed by atoms with Crippen LogP contribution in [0.1, 0.15) is 32.6 Å². The highest BCUT2D eigenvalue weighted by Crippen LogP contribution is 2.34. The normalized spacial score (nSPS) is 35.2. The molecule has 2 unspecified atom stereocenters. The molecule has 2 rings (SSSR count). The van der Waals surface area contributed by atoms with Gasteiger partial charge in [0.25, 0.3) is 0 Å². The second kappa shape index (κ2) is 6.27. The Morgan fingerprint density at radius 1 is 1.25 bits per heavy atom. The molecule has 2 bridgehead atoms. The maximum atomic E-state index is 10.1. The first-order valence-corrected chi connectivity index (χ1v) is 7.95. The van der Waals surface area contributed by atoms with Gasteiger partial charge in [-0.05, 0) is 49.1 Å². The highest BCUT2D eigenvalue weighted by atomic mass is 32.2. The summed E-state index contributed by atoms with van der Waals surface area (Å²) in [5.74, 6) is 3.69. The van der Waals surface area contributed by atoms with E-state index >= 15 is 0 Å². The van der Waals surface area contributed by atoms with Gasteiger partial charge in [0, 0.05) is 13.1 Å². The van der Waals surface area contributed by atoms with Crippen molar-refractivity contribution < 1.29 is 5.11 Å². The Bertz CT molecular complexity index is 198. The number of rotatable bonds is 5. The topological polar surface area (TPSA) is 23.5 Å². The molecule has 0 aromatic rings. The van der Waals surface area contributed by atoms with Crippen LogP contribution in [0.3, 0.4) is 0 Å². The van der Waals surface area contributed by atoms with E-state index in [0.717, 1.165) is 13.1 Å².